The summed E-state index contributed by atoms with van der Waals surface area (Å²) in [6, 6.07) is 6.56. The predicted molar refractivity (Wildman–Crippen MR) is 90.6 cm³/mol. The summed E-state index contributed by atoms with van der Waals surface area (Å²) >= 11 is 0. The number of benzene rings is 1. The lowest BCUT2D eigenvalue weighted by molar-refractivity contribution is -0.136. The molecule has 0 radical (unpaired) electrons. The number of hydrogen-bond acceptors (Lipinski definition) is 4. The largest absolute Gasteiger partial charge is 0.493 e. The number of ether oxygens (including phenoxy) is 2. The molecular formula is C18H24N2O4. The van der Waals surface area contributed by atoms with E-state index in [1.54, 1.807) is 14.0 Å². The number of methoxy groups -OCH3 is 1. The van der Waals surface area contributed by atoms with Crippen molar-refractivity contribution in [3.63, 3.8) is 0 Å². The van der Waals surface area contributed by atoms with Gasteiger partial charge < -0.3 is 19.7 Å². The Kier molecular flexibility index (Phi) is 5.84. The molecule has 0 bridgehead atoms. The highest BCUT2D eigenvalue weighted by Crippen LogP contribution is 2.35. The second kappa shape index (κ2) is 7.86. The summed E-state index contributed by atoms with van der Waals surface area (Å²) < 4.78 is 10.8. The van der Waals surface area contributed by atoms with Gasteiger partial charge in [0, 0.05) is 18.3 Å². The first-order valence-electron chi connectivity index (χ1n) is 8.06. The maximum absolute atomic E-state index is 12.3. The topological polar surface area (TPSA) is 67.9 Å². The fourth-order valence-corrected chi connectivity index (χ4v) is 2.62. The molecule has 1 aromatic rings. The molecule has 1 heterocycles. The van der Waals surface area contributed by atoms with Crippen molar-refractivity contribution in [2.75, 3.05) is 20.8 Å². The van der Waals surface area contributed by atoms with Crippen LogP contribution in [0.3, 0.4) is 0 Å². The van der Waals surface area contributed by atoms with Crippen LogP contribution in [0.1, 0.15) is 38.3 Å². The Morgan fingerprint density at radius 2 is 2.04 bits per heavy atom. The molecule has 1 atom stereocenters. The van der Waals surface area contributed by atoms with E-state index in [1.807, 2.05) is 24.3 Å². The van der Waals surface area contributed by atoms with Gasteiger partial charge in [0.2, 0.25) is 0 Å². The lowest BCUT2D eigenvalue weighted by Crippen LogP contribution is -2.46. The van der Waals surface area contributed by atoms with Crippen LogP contribution in [0.15, 0.2) is 35.5 Å². The normalized spacial score (nSPS) is 17.6. The quantitative estimate of drug-likeness (QED) is 0.642. The number of esters is 1. The van der Waals surface area contributed by atoms with Crippen molar-refractivity contribution >= 4 is 12.0 Å². The highest BCUT2D eigenvalue weighted by atomic mass is 16.5. The maximum Gasteiger partial charge on any atom is 0.337 e. The van der Waals surface area contributed by atoms with Crippen LogP contribution in [0.2, 0.25) is 0 Å². The van der Waals surface area contributed by atoms with Crippen molar-refractivity contribution < 1.29 is 19.1 Å². The molecule has 130 valence electrons. The van der Waals surface area contributed by atoms with Gasteiger partial charge in [-0.1, -0.05) is 31.5 Å². The molecule has 0 aromatic heterocycles. The minimum absolute atomic E-state index is 0.270. The molecule has 0 fully saturated rings. The van der Waals surface area contributed by atoms with Crippen molar-refractivity contribution in [1.29, 1.82) is 0 Å². The molecule has 1 aliphatic heterocycles. The molecule has 0 aliphatic carbocycles. The van der Waals surface area contributed by atoms with E-state index in [0.717, 1.165) is 18.4 Å². The van der Waals surface area contributed by atoms with Crippen LogP contribution >= 0.6 is 0 Å². The van der Waals surface area contributed by atoms with Crippen molar-refractivity contribution in [3.8, 4) is 5.75 Å². The molecule has 1 aliphatic rings. The van der Waals surface area contributed by atoms with Crippen LogP contribution in [0, 0.1) is 0 Å². The molecule has 0 saturated carbocycles. The molecule has 0 spiro atoms. The van der Waals surface area contributed by atoms with Crippen LogP contribution in [-0.2, 0) is 9.53 Å². The van der Waals surface area contributed by atoms with E-state index >= 15 is 0 Å². The number of nitrogens with one attached hydrogen (secondary N) is 1. The molecule has 6 heteroatoms. The Bertz CT molecular complexity index is 654. The Balaban J connectivity index is 2.45. The van der Waals surface area contributed by atoms with Crippen molar-refractivity contribution in [2.45, 2.75) is 32.7 Å². The third-order valence-corrected chi connectivity index (χ3v) is 4.14. The molecule has 2 amide bonds. The summed E-state index contributed by atoms with van der Waals surface area (Å²) in [4.78, 5) is 25.9. The fourth-order valence-electron chi connectivity index (χ4n) is 2.62. The molecule has 2 rings (SSSR count). The standard InChI is InChI=1S/C18H24N2O4/c1-5-6-11-24-14-10-8-7-9-13(14)16-15(17(21)23-4)12(2)20(3)18(22)19-16/h7-10,16H,5-6,11H2,1-4H3,(H,19,22). The Labute approximate surface area is 142 Å². The Morgan fingerprint density at radius 3 is 2.71 bits per heavy atom. The summed E-state index contributed by atoms with van der Waals surface area (Å²) in [5, 5.41) is 2.86. The molecule has 1 unspecified atom stereocenters. The summed E-state index contributed by atoms with van der Waals surface area (Å²) in [6.45, 7) is 4.41. The van der Waals surface area contributed by atoms with Crippen LogP contribution in [0.25, 0.3) is 0 Å². The van der Waals surface area contributed by atoms with Crippen LogP contribution < -0.4 is 10.1 Å². The zero-order valence-electron chi connectivity index (χ0n) is 14.6. The Hall–Kier alpha value is -2.50. The number of amides is 2. The van der Waals surface area contributed by atoms with E-state index in [9.17, 15) is 9.59 Å². The predicted octanol–water partition coefficient (Wildman–Crippen LogP) is 3.01. The first kappa shape index (κ1) is 17.8. The highest BCUT2D eigenvalue weighted by molar-refractivity contribution is 5.95. The van der Waals surface area contributed by atoms with Gasteiger partial charge in [-0.05, 0) is 19.4 Å². The number of carbonyl (C=O) groups excluding carboxylic acids is 2. The van der Waals surface area contributed by atoms with Crippen LogP contribution in [0.5, 0.6) is 5.75 Å². The van der Waals surface area contributed by atoms with Gasteiger partial charge in [-0.25, -0.2) is 9.59 Å². The lowest BCUT2D eigenvalue weighted by Gasteiger charge is -2.33. The van der Waals surface area contributed by atoms with Gasteiger partial charge in [0.15, 0.2) is 0 Å². The average molecular weight is 332 g/mol. The SMILES string of the molecule is CCCCOc1ccccc1C1NC(=O)N(C)C(C)=C1C(=O)OC. The van der Waals surface area contributed by atoms with Crippen LogP contribution in [0.4, 0.5) is 4.79 Å². The maximum atomic E-state index is 12.3. The smallest absolute Gasteiger partial charge is 0.337 e. The van der Waals surface area contributed by atoms with Crippen molar-refractivity contribution in [3.05, 3.63) is 41.1 Å². The van der Waals surface area contributed by atoms with Crippen molar-refractivity contribution in [1.82, 2.24) is 10.2 Å². The summed E-state index contributed by atoms with van der Waals surface area (Å²) in [6.07, 6.45) is 1.96. The van der Waals surface area contributed by atoms with E-state index in [4.69, 9.17) is 9.47 Å². The number of unbranched alkanes of at least 4 members (excludes halogenated alkanes) is 1. The molecule has 24 heavy (non-hydrogen) atoms. The summed E-state index contributed by atoms with van der Waals surface area (Å²) in [5.41, 5.74) is 1.72. The van der Waals surface area contributed by atoms with Gasteiger partial charge in [0.25, 0.3) is 0 Å². The van der Waals surface area contributed by atoms with Crippen LogP contribution in [-0.4, -0.2) is 37.7 Å². The monoisotopic (exact) mass is 332 g/mol. The minimum Gasteiger partial charge on any atom is -0.493 e. The van der Waals surface area contributed by atoms with E-state index < -0.39 is 12.0 Å². The number of para-hydroxylation sites is 1. The van der Waals surface area contributed by atoms with Crippen molar-refractivity contribution in [2.24, 2.45) is 0 Å². The first-order chi connectivity index (χ1) is 11.5. The zero-order valence-corrected chi connectivity index (χ0v) is 14.6. The molecule has 0 saturated heterocycles. The minimum atomic E-state index is -0.598. The molecule has 1 aromatic carbocycles. The first-order valence-corrected chi connectivity index (χ1v) is 8.06. The number of nitrogens with zero attached hydrogens (tertiary/aromatic N) is 1. The number of hydrogen-bond donors (Lipinski definition) is 1. The zero-order chi connectivity index (χ0) is 17.7. The third kappa shape index (κ3) is 3.53. The van der Waals surface area contributed by atoms with Gasteiger partial charge in [0.05, 0.1) is 25.3 Å². The van der Waals surface area contributed by atoms with Gasteiger partial charge in [-0.2, -0.15) is 0 Å². The number of urea groups is 1. The third-order valence-electron chi connectivity index (χ3n) is 4.14. The van der Waals surface area contributed by atoms with E-state index in [-0.39, 0.29) is 6.03 Å². The second-order valence-electron chi connectivity index (χ2n) is 5.67. The molecule has 1 N–H and O–H groups in total. The summed E-state index contributed by atoms with van der Waals surface area (Å²) in [5.74, 6) is 0.197. The van der Waals surface area contributed by atoms with E-state index in [1.165, 1.54) is 12.0 Å². The van der Waals surface area contributed by atoms with Gasteiger partial charge in [-0.3, -0.25) is 0 Å². The molecule has 6 nitrogen and oxygen atoms in total. The fraction of sp³-hybridized carbons (Fsp3) is 0.444. The van der Waals surface area contributed by atoms with Gasteiger partial charge >= 0.3 is 12.0 Å². The van der Waals surface area contributed by atoms with Gasteiger partial charge in [-0.15, -0.1) is 0 Å². The highest BCUT2D eigenvalue weighted by Gasteiger charge is 2.36. The average Bonchev–Trinajstić information content (AvgIpc) is 2.59. The lowest BCUT2D eigenvalue weighted by atomic mass is 9.94. The van der Waals surface area contributed by atoms with E-state index in [2.05, 4.69) is 12.2 Å². The summed E-state index contributed by atoms with van der Waals surface area (Å²) in [7, 11) is 2.95. The number of allylic oxidation sites excluding steroid dienone is 1. The van der Waals surface area contributed by atoms with Gasteiger partial charge in [0.1, 0.15) is 5.75 Å². The second-order valence-corrected chi connectivity index (χ2v) is 5.67. The number of carbonyl (C=O) groups is 2. The van der Waals surface area contributed by atoms with E-state index in [0.29, 0.717) is 23.6 Å². The number of rotatable bonds is 6. The molecular weight excluding hydrogens is 308 g/mol. The Morgan fingerprint density at radius 1 is 1.33 bits per heavy atom.